The third-order valence-electron chi connectivity index (χ3n) is 4.23. The van der Waals surface area contributed by atoms with Crippen LogP contribution in [0.15, 0.2) is 30.5 Å². The Morgan fingerprint density at radius 2 is 1.95 bits per heavy atom. The van der Waals surface area contributed by atoms with Gasteiger partial charge in [0.1, 0.15) is 5.75 Å². The van der Waals surface area contributed by atoms with Gasteiger partial charge in [-0.05, 0) is 37.0 Å². The number of aromatic nitrogens is 1. The Morgan fingerprint density at radius 3 is 2.67 bits per heavy atom. The van der Waals surface area contributed by atoms with Crippen molar-refractivity contribution in [2.75, 3.05) is 6.61 Å². The molecule has 0 aliphatic rings. The highest BCUT2D eigenvalue weighted by Crippen LogP contribution is 2.28. The average Bonchev–Trinajstić information content (AvgIpc) is 2.93. The fourth-order valence-corrected chi connectivity index (χ4v) is 2.89. The van der Waals surface area contributed by atoms with Crippen LogP contribution in [0.4, 0.5) is 0 Å². The first-order valence-electron chi connectivity index (χ1n) is 8.50. The second-order valence-electron chi connectivity index (χ2n) is 5.92. The van der Waals surface area contributed by atoms with Crippen molar-refractivity contribution in [1.29, 1.82) is 0 Å². The van der Waals surface area contributed by atoms with Gasteiger partial charge < -0.3 is 9.30 Å². The smallest absolute Gasteiger partial charge is 0.128 e. The number of nitrogens with zero attached hydrogens (tertiary/aromatic N) is 1. The molecule has 0 saturated heterocycles. The van der Waals surface area contributed by atoms with Gasteiger partial charge in [0.25, 0.3) is 0 Å². The van der Waals surface area contributed by atoms with Crippen molar-refractivity contribution < 1.29 is 4.74 Å². The fraction of sp³-hybridized carbons (Fsp3) is 0.579. The first kappa shape index (κ1) is 15.9. The number of rotatable bonds is 9. The summed E-state index contributed by atoms with van der Waals surface area (Å²) in [5.74, 6) is 1.80. The average molecular weight is 287 g/mol. The molecule has 0 aliphatic carbocycles. The van der Waals surface area contributed by atoms with Crippen molar-refractivity contribution >= 4 is 10.9 Å². The van der Waals surface area contributed by atoms with E-state index in [1.807, 2.05) is 0 Å². The van der Waals surface area contributed by atoms with E-state index in [0.717, 1.165) is 31.2 Å². The molecule has 1 atom stereocenters. The minimum Gasteiger partial charge on any atom is -0.493 e. The van der Waals surface area contributed by atoms with Gasteiger partial charge in [-0.25, -0.2) is 0 Å². The SMILES string of the molecule is CCCCC(CC)Cn1ccc2c(OCCC)cccc21. The van der Waals surface area contributed by atoms with Crippen molar-refractivity contribution in [3.8, 4) is 5.75 Å². The molecular weight excluding hydrogens is 258 g/mol. The molecule has 1 heterocycles. The third-order valence-corrected chi connectivity index (χ3v) is 4.23. The molecule has 0 radical (unpaired) electrons. The molecular formula is C19H29NO. The topological polar surface area (TPSA) is 14.2 Å². The Balaban J connectivity index is 2.17. The Morgan fingerprint density at radius 1 is 1.10 bits per heavy atom. The maximum atomic E-state index is 5.86. The van der Waals surface area contributed by atoms with Crippen molar-refractivity contribution in [1.82, 2.24) is 4.57 Å². The second kappa shape index (κ2) is 8.11. The van der Waals surface area contributed by atoms with Crippen LogP contribution in [-0.4, -0.2) is 11.2 Å². The standard InChI is InChI=1S/C19H29NO/c1-4-7-9-16(6-3)15-20-13-12-17-18(20)10-8-11-19(17)21-14-5-2/h8,10-13,16H,4-7,9,14-15H2,1-3H3. The van der Waals surface area contributed by atoms with E-state index in [9.17, 15) is 0 Å². The fourth-order valence-electron chi connectivity index (χ4n) is 2.89. The maximum absolute atomic E-state index is 5.86. The lowest BCUT2D eigenvalue weighted by Gasteiger charge is -2.16. The van der Waals surface area contributed by atoms with Gasteiger partial charge in [-0.1, -0.05) is 46.1 Å². The normalized spacial score (nSPS) is 12.7. The number of benzene rings is 1. The predicted molar refractivity (Wildman–Crippen MR) is 91.0 cm³/mol. The molecule has 0 N–H and O–H groups in total. The summed E-state index contributed by atoms with van der Waals surface area (Å²) in [4.78, 5) is 0. The van der Waals surface area contributed by atoms with Crippen molar-refractivity contribution in [3.63, 3.8) is 0 Å². The lowest BCUT2D eigenvalue weighted by molar-refractivity contribution is 0.321. The Bertz CT molecular complexity index is 543. The van der Waals surface area contributed by atoms with Crippen LogP contribution in [0.1, 0.15) is 52.9 Å². The molecule has 0 amide bonds. The third kappa shape index (κ3) is 4.03. The molecule has 1 aromatic carbocycles. The summed E-state index contributed by atoms with van der Waals surface area (Å²) in [6, 6.07) is 8.60. The van der Waals surface area contributed by atoms with E-state index >= 15 is 0 Å². The molecule has 0 spiro atoms. The largest absolute Gasteiger partial charge is 0.493 e. The summed E-state index contributed by atoms with van der Waals surface area (Å²) in [5.41, 5.74) is 1.30. The Kier molecular flexibility index (Phi) is 6.16. The van der Waals surface area contributed by atoms with Crippen LogP contribution >= 0.6 is 0 Å². The monoisotopic (exact) mass is 287 g/mol. The van der Waals surface area contributed by atoms with Gasteiger partial charge in [0.15, 0.2) is 0 Å². The summed E-state index contributed by atoms with van der Waals surface area (Å²) in [5, 5.41) is 1.25. The van der Waals surface area contributed by atoms with E-state index in [-0.39, 0.29) is 0 Å². The number of ether oxygens (including phenoxy) is 1. The number of hydrogen-bond donors (Lipinski definition) is 0. The minimum absolute atomic E-state index is 0.778. The van der Waals surface area contributed by atoms with Gasteiger partial charge >= 0.3 is 0 Å². The van der Waals surface area contributed by atoms with Crippen molar-refractivity contribution in [3.05, 3.63) is 30.5 Å². The number of fused-ring (bicyclic) bond motifs is 1. The maximum Gasteiger partial charge on any atom is 0.128 e. The van der Waals surface area contributed by atoms with Gasteiger partial charge in [-0.3, -0.25) is 0 Å². The molecule has 21 heavy (non-hydrogen) atoms. The summed E-state index contributed by atoms with van der Waals surface area (Å²) >= 11 is 0. The van der Waals surface area contributed by atoms with Gasteiger partial charge in [0, 0.05) is 18.1 Å². The van der Waals surface area contributed by atoms with Crippen LogP contribution < -0.4 is 4.74 Å². The Labute approximate surface area is 129 Å². The zero-order valence-electron chi connectivity index (χ0n) is 13.8. The lowest BCUT2D eigenvalue weighted by atomic mass is 9.99. The van der Waals surface area contributed by atoms with E-state index in [4.69, 9.17) is 4.74 Å². The van der Waals surface area contributed by atoms with Crippen LogP contribution in [0.3, 0.4) is 0 Å². The predicted octanol–water partition coefficient (Wildman–Crippen LogP) is 5.65. The molecule has 2 heteroatoms. The summed E-state index contributed by atoms with van der Waals surface area (Å²) in [7, 11) is 0. The number of unbranched alkanes of at least 4 members (excludes halogenated alkanes) is 1. The van der Waals surface area contributed by atoms with Crippen LogP contribution in [0.5, 0.6) is 5.75 Å². The van der Waals surface area contributed by atoms with E-state index < -0.39 is 0 Å². The van der Waals surface area contributed by atoms with E-state index in [2.05, 4.69) is 55.8 Å². The molecule has 0 aliphatic heterocycles. The first-order valence-corrected chi connectivity index (χ1v) is 8.50. The van der Waals surface area contributed by atoms with Crippen LogP contribution in [-0.2, 0) is 6.54 Å². The zero-order valence-corrected chi connectivity index (χ0v) is 13.8. The molecule has 116 valence electrons. The highest BCUT2D eigenvalue weighted by Gasteiger charge is 2.11. The Hall–Kier alpha value is -1.44. The quantitative estimate of drug-likeness (QED) is 0.581. The summed E-state index contributed by atoms with van der Waals surface area (Å²) in [6.07, 6.45) is 8.48. The van der Waals surface area contributed by atoms with Gasteiger partial charge in [-0.2, -0.15) is 0 Å². The van der Waals surface area contributed by atoms with E-state index in [1.165, 1.54) is 36.6 Å². The van der Waals surface area contributed by atoms with Gasteiger partial charge in [0.05, 0.1) is 12.1 Å². The molecule has 0 bridgehead atoms. The molecule has 0 saturated carbocycles. The van der Waals surface area contributed by atoms with Crippen molar-refractivity contribution in [2.45, 2.75) is 59.4 Å². The molecule has 2 aromatic rings. The zero-order chi connectivity index (χ0) is 15.1. The second-order valence-corrected chi connectivity index (χ2v) is 5.92. The summed E-state index contributed by atoms with van der Waals surface area (Å²) in [6.45, 7) is 8.64. The van der Waals surface area contributed by atoms with Gasteiger partial charge in [-0.15, -0.1) is 0 Å². The molecule has 2 nitrogen and oxygen atoms in total. The van der Waals surface area contributed by atoms with Crippen LogP contribution in [0.2, 0.25) is 0 Å². The van der Waals surface area contributed by atoms with E-state index in [0.29, 0.717) is 0 Å². The van der Waals surface area contributed by atoms with Crippen LogP contribution in [0, 0.1) is 5.92 Å². The van der Waals surface area contributed by atoms with Gasteiger partial charge in [0.2, 0.25) is 0 Å². The minimum atomic E-state index is 0.778. The van der Waals surface area contributed by atoms with Crippen LogP contribution in [0.25, 0.3) is 10.9 Å². The van der Waals surface area contributed by atoms with Crippen molar-refractivity contribution in [2.24, 2.45) is 5.92 Å². The molecule has 2 rings (SSSR count). The molecule has 1 aromatic heterocycles. The van der Waals surface area contributed by atoms with E-state index in [1.54, 1.807) is 0 Å². The highest BCUT2D eigenvalue weighted by molar-refractivity contribution is 5.86. The molecule has 0 fully saturated rings. The highest BCUT2D eigenvalue weighted by atomic mass is 16.5. The summed E-state index contributed by atoms with van der Waals surface area (Å²) < 4.78 is 8.27. The molecule has 1 unspecified atom stereocenters. The first-order chi connectivity index (χ1) is 10.3. The number of hydrogen-bond acceptors (Lipinski definition) is 1. The lowest BCUT2D eigenvalue weighted by Crippen LogP contribution is -2.09.